The van der Waals surface area contributed by atoms with E-state index in [2.05, 4.69) is 10.7 Å². The van der Waals surface area contributed by atoms with E-state index >= 15 is 0 Å². The van der Waals surface area contributed by atoms with Crippen molar-refractivity contribution in [2.75, 3.05) is 13.2 Å². The molecular weight excluding hydrogens is 434 g/mol. The van der Waals surface area contributed by atoms with Crippen LogP contribution in [-0.2, 0) is 38.5 Å². The van der Waals surface area contributed by atoms with Crippen molar-refractivity contribution in [2.45, 2.75) is 58.7 Å². The summed E-state index contributed by atoms with van der Waals surface area (Å²) in [7, 11) is 0. The molecule has 1 amide bonds. The first-order valence-electron chi connectivity index (χ1n) is 11.7. The maximum atomic E-state index is 13.1. The van der Waals surface area contributed by atoms with Gasteiger partial charge in [0.15, 0.2) is 0 Å². The third-order valence-corrected chi connectivity index (χ3v) is 5.48. The van der Waals surface area contributed by atoms with Gasteiger partial charge in [0.25, 0.3) is 5.91 Å². The van der Waals surface area contributed by atoms with Gasteiger partial charge in [0.2, 0.25) is 0 Å². The number of carboxylic acid groups (broad SMARTS) is 1. The number of nitrogens with zero attached hydrogens (tertiary/aromatic N) is 1. The van der Waals surface area contributed by atoms with Crippen molar-refractivity contribution in [1.82, 2.24) is 15.8 Å². The normalized spacial score (nSPS) is 12.6. The summed E-state index contributed by atoms with van der Waals surface area (Å²) in [5.41, 5.74) is 6.13. The van der Waals surface area contributed by atoms with Gasteiger partial charge in [-0.15, -0.1) is 0 Å². The number of hydrogen-bond donors (Lipinski definition) is 3. The van der Waals surface area contributed by atoms with Crippen LogP contribution in [0, 0.1) is 0 Å². The van der Waals surface area contributed by atoms with Crippen LogP contribution >= 0.6 is 0 Å². The van der Waals surface area contributed by atoms with Crippen molar-refractivity contribution in [2.24, 2.45) is 0 Å². The number of nitrogens with one attached hydrogen (secondary N) is 2. The van der Waals surface area contributed by atoms with E-state index in [4.69, 9.17) is 4.74 Å². The van der Waals surface area contributed by atoms with Crippen LogP contribution in [0.25, 0.3) is 0 Å². The average molecular weight is 470 g/mol. The van der Waals surface area contributed by atoms with Crippen molar-refractivity contribution in [1.29, 1.82) is 0 Å². The smallest absolute Gasteiger partial charge is 0.324 e. The molecular formula is C26H35N3O5. The highest BCUT2D eigenvalue weighted by Crippen LogP contribution is 2.11. The molecule has 0 aromatic heterocycles. The number of ether oxygens (including phenoxy) is 1. The Kier molecular flexibility index (Phi) is 11.2. The first kappa shape index (κ1) is 27.0. The van der Waals surface area contributed by atoms with E-state index in [1.165, 1.54) is 0 Å². The lowest BCUT2D eigenvalue weighted by Crippen LogP contribution is -2.55. The van der Waals surface area contributed by atoms with Crippen LogP contribution in [0.15, 0.2) is 54.6 Å². The molecule has 0 spiro atoms. The quantitative estimate of drug-likeness (QED) is 0.288. The van der Waals surface area contributed by atoms with E-state index < -0.39 is 36.5 Å². The number of aliphatic carboxylic acids is 1. The predicted octanol–water partition coefficient (Wildman–Crippen LogP) is 2.71. The molecule has 34 heavy (non-hydrogen) atoms. The first-order chi connectivity index (χ1) is 16.3. The van der Waals surface area contributed by atoms with Crippen molar-refractivity contribution < 1.29 is 24.2 Å². The highest BCUT2D eigenvalue weighted by Gasteiger charge is 2.28. The van der Waals surface area contributed by atoms with Gasteiger partial charge in [-0.05, 0) is 49.8 Å². The largest absolute Gasteiger partial charge is 0.480 e. The van der Waals surface area contributed by atoms with Crippen LogP contribution in [0.5, 0.6) is 0 Å². The number of carboxylic acids is 1. The van der Waals surface area contributed by atoms with E-state index in [1.54, 1.807) is 13.8 Å². The number of carbonyl (C=O) groups is 3. The van der Waals surface area contributed by atoms with Crippen molar-refractivity contribution >= 4 is 17.8 Å². The molecule has 0 aliphatic rings. The molecule has 0 bridgehead atoms. The molecule has 0 unspecified atom stereocenters. The van der Waals surface area contributed by atoms with Crippen molar-refractivity contribution in [3.63, 3.8) is 0 Å². The van der Waals surface area contributed by atoms with Crippen LogP contribution in [0.4, 0.5) is 0 Å². The third-order valence-electron chi connectivity index (χ3n) is 5.48. The Labute approximate surface area is 201 Å². The van der Waals surface area contributed by atoms with E-state index in [0.29, 0.717) is 19.4 Å². The molecule has 0 heterocycles. The third kappa shape index (κ3) is 8.61. The molecule has 3 N–H and O–H groups in total. The van der Waals surface area contributed by atoms with Crippen LogP contribution in [-0.4, -0.2) is 53.2 Å². The molecule has 8 nitrogen and oxygen atoms in total. The first-order valence-corrected chi connectivity index (χ1v) is 11.7. The van der Waals surface area contributed by atoms with Gasteiger partial charge < -0.3 is 9.84 Å². The molecule has 2 aromatic carbocycles. The summed E-state index contributed by atoms with van der Waals surface area (Å²) in [6.07, 6.45) is 1.89. The zero-order chi connectivity index (χ0) is 24.9. The summed E-state index contributed by atoms with van der Waals surface area (Å²) >= 11 is 0. The van der Waals surface area contributed by atoms with Crippen LogP contribution in [0.2, 0.25) is 0 Å². The molecule has 2 aromatic rings. The van der Waals surface area contributed by atoms with Gasteiger partial charge in [-0.1, -0.05) is 61.5 Å². The predicted molar refractivity (Wildman–Crippen MR) is 130 cm³/mol. The van der Waals surface area contributed by atoms with Gasteiger partial charge in [0.1, 0.15) is 12.6 Å². The number of hydrazine groups is 1. The number of rotatable bonds is 14. The fourth-order valence-corrected chi connectivity index (χ4v) is 3.68. The molecule has 2 atom stereocenters. The second-order valence-electron chi connectivity index (χ2n) is 7.99. The van der Waals surface area contributed by atoms with Gasteiger partial charge >= 0.3 is 11.9 Å². The zero-order valence-electron chi connectivity index (χ0n) is 20.1. The molecule has 0 aliphatic carbocycles. The number of hydrogen-bond acceptors (Lipinski definition) is 6. The SMILES string of the molecule is CCOC(=O)[C@H](CCc1ccccc1)N[C@@H](C)C(=O)N(CC(=O)O)NCc1ccccc1CC. The number of aryl methyl sites for hydroxylation is 2. The van der Waals surface area contributed by atoms with Crippen LogP contribution in [0.1, 0.15) is 43.9 Å². The zero-order valence-corrected chi connectivity index (χ0v) is 20.1. The lowest BCUT2D eigenvalue weighted by atomic mass is 10.0. The van der Waals surface area contributed by atoms with Gasteiger partial charge in [-0.3, -0.25) is 24.7 Å². The highest BCUT2D eigenvalue weighted by molar-refractivity contribution is 5.85. The molecule has 0 saturated carbocycles. The Morgan fingerprint density at radius 3 is 2.26 bits per heavy atom. The molecule has 0 saturated heterocycles. The Bertz CT molecular complexity index is 935. The van der Waals surface area contributed by atoms with E-state index in [0.717, 1.165) is 28.1 Å². The summed E-state index contributed by atoms with van der Waals surface area (Å²) < 4.78 is 5.19. The van der Waals surface area contributed by atoms with Crippen LogP contribution < -0.4 is 10.7 Å². The van der Waals surface area contributed by atoms with Gasteiger partial charge in [-0.25, -0.2) is 5.43 Å². The summed E-state index contributed by atoms with van der Waals surface area (Å²) in [6, 6.07) is 16.0. The summed E-state index contributed by atoms with van der Waals surface area (Å²) in [5.74, 6) is -2.04. The van der Waals surface area contributed by atoms with Crippen molar-refractivity contribution in [3.8, 4) is 0 Å². The van der Waals surface area contributed by atoms with Gasteiger partial charge in [0.05, 0.1) is 12.6 Å². The van der Waals surface area contributed by atoms with Crippen LogP contribution in [0.3, 0.4) is 0 Å². The lowest BCUT2D eigenvalue weighted by molar-refractivity contribution is -0.150. The maximum absolute atomic E-state index is 13.1. The second kappa shape index (κ2) is 14.1. The number of benzene rings is 2. The summed E-state index contributed by atoms with van der Waals surface area (Å²) in [6.45, 7) is 5.42. The minimum Gasteiger partial charge on any atom is -0.480 e. The Balaban J connectivity index is 2.08. The number of carbonyl (C=O) groups excluding carboxylic acids is 2. The fourth-order valence-electron chi connectivity index (χ4n) is 3.68. The van der Waals surface area contributed by atoms with E-state index in [-0.39, 0.29) is 6.61 Å². The topological polar surface area (TPSA) is 108 Å². The fraction of sp³-hybridized carbons (Fsp3) is 0.423. The van der Waals surface area contributed by atoms with E-state index in [1.807, 2.05) is 61.5 Å². The Hall–Kier alpha value is -3.23. The van der Waals surface area contributed by atoms with Gasteiger partial charge in [0, 0.05) is 6.54 Å². The maximum Gasteiger partial charge on any atom is 0.324 e. The standard InChI is InChI=1S/C26H35N3O5/c1-4-21-13-9-10-14-22(21)17-27-29(18-24(30)31)25(32)19(3)28-23(26(33)34-5-2)16-15-20-11-7-6-8-12-20/h6-14,19,23,27-28H,4-5,15-18H2,1-3H3,(H,30,31)/t19-,23-/m0/s1. The highest BCUT2D eigenvalue weighted by atomic mass is 16.5. The lowest BCUT2D eigenvalue weighted by Gasteiger charge is -2.28. The van der Waals surface area contributed by atoms with Gasteiger partial charge in [-0.2, -0.15) is 0 Å². The molecule has 8 heteroatoms. The minimum atomic E-state index is -1.14. The molecule has 0 radical (unpaired) electrons. The average Bonchev–Trinajstić information content (AvgIpc) is 2.84. The Morgan fingerprint density at radius 2 is 1.65 bits per heavy atom. The second-order valence-corrected chi connectivity index (χ2v) is 7.99. The summed E-state index contributed by atoms with van der Waals surface area (Å²) in [4.78, 5) is 37.1. The molecule has 0 aliphatic heterocycles. The number of amides is 1. The van der Waals surface area contributed by atoms with E-state index in [9.17, 15) is 19.5 Å². The van der Waals surface area contributed by atoms with Crippen molar-refractivity contribution in [3.05, 3.63) is 71.3 Å². The molecule has 0 fully saturated rings. The monoisotopic (exact) mass is 469 g/mol. The Morgan fingerprint density at radius 1 is 1.00 bits per heavy atom. The minimum absolute atomic E-state index is 0.230. The molecule has 184 valence electrons. The summed E-state index contributed by atoms with van der Waals surface area (Å²) in [5, 5.41) is 13.5. The molecule has 2 rings (SSSR count). The number of esters is 1.